The lowest BCUT2D eigenvalue weighted by Crippen LogP contribution is -2.23. The number of nitrogens with zero attached hydrogens (tertiary/aromatic N) is 4. The molecule has 2 heterocycles. The van der Waals surface area contributed by atoms with Crippen LogP contribution >= 0.6 is 0 Å². The molecule has 5 heteroatoms. The van der Waals surface area contributed by atoms with Crippen molar-refractivity contribution in [3.8, 4) is 5.82 Å². The topological polar surface area (TPSA) is 55.6 Å². The summed E-state index contributed by atoms with van der Waals surface area (Å²) in [5.74, 6) is 1.65. The monoisotopic (exact) mass is 293 g/mol. The minimum absolute atomic E-state index is 0.526. The fourth-order valence-corrected chi connectivity index (χ4v) is 3.14. The maximum absolute atomic E-state index is 4.71. The number of nitrogens with one attached hydrogen (secondary N) is 1. The summed E-state index contributed by atoms with van der Waals surface area (Å²) in [5, 5.41) is 3.52. The van der Waals surface area contributed by atoms with Gasteiger partial charge in [-0.3, -0.25) is 9.55 Å². The standard InChI is InChI=1S/C17H19N5/c1-2-6-13(7-3-1)20-16-10-18-11-17(21-16)22-12-19-14-8-4-5-9-15(14)22/h4-5,8-13H,1-3,6-7H2,(H,20,21). The normalized spacial score (nSPS) is 16.0. The Morgan fingerprint density at radius 1 is 1.05 bits per heavy atom. The summed E-state index contributed by atoms with van der Waals surface area (Å²) in [7, 11) is 0. The third-order valence-electron chi connectivity index (χ3n) is 4.28. The van der Waals surface area contributed by atoms with Gasteiger partial charge < -0.3 is 5.32 Å². The smallest absolute Gasteiger partial charge is 0.159 e. The van der Waals surface area contributed by atoms with Crippen molar-refractivity contribution in [3.05, 3.63) is 43.0 Å². The van der Waals surface area contributed by atoms with Crippen molar-refractivity contribution in [2.45, 2.75) is 38.1 Å². The number of hydrogen-bond acceptors (Lipinski definition) is 4. The summed E-state index contributed by atoms with van der Waals surface area (Å²) in [6, 6.07) is 8.58. The first-order valence-electron chi connectivity index (χ1n) is 7.91. The van der Waals surface area contributed by atoms with E-state index >= 15 is 0 Å². The summed E-state index contributed by atoms with van der Waals surface area (Å²) in [4.78, 5) is 13.5. The average molecular weight is 293 g/mol. The summed E-state index contributed by atoms with van der Waals surface area (Å²) in [5.41, 5.74) is 2.02. The molecule has 1 fully saturated rings. The number of anilines is 1. The van der Waals surface area contributed by atoms with Crippen molar-refractivity contribution >= 4 is 16.9 Å². The van der Waals surface area contributed by atoms with Crippen molar-refractivity contribution in [3.63, 3.8) is 0 Å². The van der Waals surface area contributed by atoms with Crippen LogP contribution in [0.5, 0.6) is 0 Å². The Hall–Kier alpha value is -2.43. The zero-order valence-corrected chi connectivity index (χ0v) is 12.4. The highest BCUT2D eigenvalue weighted by molar-refractivity contribution is 5.76. The summed E-state index contributed by atoms with van der Waals surface area (Å²) in [6.45, 7) is 0. The lowest BCUT2D eigenvalue weighted by Gasteiger charge is -2.23. The van der Waals surface area contributed by atoms with Gasteiger partial charge >= 0.3 is 0 Å². The molecule has 0 spiro atoms. The molecule has 0 saturated heterocycles. The number of para-hydroxylation sites is 2. The van der Waals surface area contributed by atoms with Crippen LogP contribution in [-0.4, -0.2) is 25.6 Å². The molecule has 2 aromatic heterocycles. The van der Waals surface area contributed by atoms with Gasteiger partial charge in [0, 0.05) is 6.04 Å². The van der Waals surface area contributed by atoms with Gasteiger partial charge in [0.25, 0.3) is 0 Å². The summed E-state index contributed by atoms with van der Waals surface area (Å²) >= 11 is 0. The van der Waals surface area contributed by atoms with Crippen LogP contribution in [0.15, 0.2) is 43.0 Å². The molecule has 4 rings (SSSR count). The highest BCUT2D eigenvalue weighted by Crippen LogP contribution is 2.21. The van der Waals surface area contributed by atoms with Crippen LogP contribution in [0.2, 0.25) is 0 Å². The van der Waals surface area contributed by atoms with Gasteiger partial charge in [0.05, 0.1) is 23.4 Å². The number of hydrogen-bond donors (Lipinski definition) is 1. The fraction of sp³-hybridized carbons (Fsp3) is 0.353. The van der Waals surface area contributed by atoms with Crippen LogP contribution in [0.25, 0.3) is 16.9 Å². The molecule has 5 nitrogen and oxygen atoms in total. The van der Waals surface area contributed by atoms with E-state index in [1.54, 1.807) is 18.7 Å². The number of aromatic nitrogens is 4. The van der Waals surface area contributed by atoms with E-state index in [0.717, 1.165) is 22.7 Å². The van der Waals surface area contributed by atoms with E-state index in [9.17, 15) is 0 Å². The van der Waals surface area contributed by atoms with Crippen LogP contribution in [0, 0.1) is 0 Å². The zero-order chi connectivity index (χ0) is 14.8. The average Bonchev–Trinajstić information content (AvgIpc) is 3.00. The predicted octanol–water partition coefficient (Wildman–Crippen LogP) is 3.56. The second-order valence-corrected chi connectivity index (χ2v) is 5.85. The Balaban J connectivity index is 1.63. The zero-order valence-electron chi connectivity index (χ0n) is 12.4. The summed E-state index contributed by atoms with van der Waals surface area (Å²) in [6.07, 6.45) is 11.8. The van der Waals surface area contributed by atoms with Gasteiger partial charge in [-0.1, -0.05) is 31.4 Å². The molecular formula is C17H19N5. The third-order valence-corrected chi connectivity index (χ3v) is 4.28. The Bertz CT molecular complexity index is 773. The lowest BCUT2D eigenvalue weighted by molar-refractivity contribution is 0.461. The van der Waals surface area contributed by atoms with Crippen LogP contribution in [0.1, 0.15) is 32.1 Å². The second kappa shape index (κ2) is 5.75. The van der Waals surface area contributed by atoms with Gasteiger partial charge in [0.1, 0.15) is 12.1 Å². The first-order chi connectivity index (χ1) is 10.9. The maximum atomic E-state index is 4.71. The molecule has 1 N–H and O–H groups in total. The Labute approximate surface area is 129 Å². The van der Waals surface area contributed by atoms with E-state index in [0.29, 0.717) is 6.04 Å². The van der Waals surface area contributed by atoms with Crippen molar-refractivity contribution < 1.29 is 0 Å². The minimum Gasteiger partial charge on any atom is -0.366 e. The molecule has 1 aliphatic carbocycles. The molecule has 0 amide bonds. The van der Waals surface area contributed by atoms with E-state index in [2.05, 4.69) is 15.3 Å². The van der Waals surface area contributed by atoms with Crippen LogP contribution in [0.4, 0.5) is 5.82 Å². The molecule has 0 radical (unpaired) electrons. The number of rotatable bonds is 3. The number of fused-ring (bicyclic) bond motifs is 1. The SMILES string of the molecule is c1ccc2c(c1)ncn2-c1cncc(NC2CCCCC2)n1. The lowest BCUT2D eigenvalue weighted by atomic mass is 9.96. The molecule has 3 aromatic rings. The fourth-order valence-electron chi connectivity index (χ4n) is 3.14. The molecule has 0 bridgehead atoms. The van der Waals surface area contributed by atoms with E-state index in [-0.39, 0.29) is 0 Å². The van der Waals surface area contributed by atoms with Crippen molar-refractivity contribution in [1.29, 1.82) is 0 Å². The highest BCUT2D eigenvalue weighted by Gasteiger charge is 2.14. The van der Waals surface area contributed by atoms with Crippen LogP contribution in [-0.2, 0) is 0 Å². The van der Waals surface area contributed by atoms with Crippen LogP contribution < -0.4 is 5.32 Å². The minimum atomic E-state index is 0.526. The van der Waals surface area contributed by atoms with Gasteiger partial charge in [-0.2, -0.15) is 0 Å². The molecule has 1 aliphatic rings. The number of imidazole rings is 1. The number of benzene rings is 1. The van der Waals surface area contributed by atoms with Gasteiger partial charge in [-0.15, -0.1) is 0 Å². The maximum Gasteiger partial charge on any atom is 0.159 e. The van der Waals surface area contributed by atoms with Crippen molar-refractivity contribution in [2.75, 3.05) is 5.32 Å². The molecule has 0 aliphatic heterocycles. The molecule has 1 aromatic carbocycles. The summed E-state index contributed by atoms with van der Waals surface area (Å²) < 4.78 is 1.98. The van der Waals surface area contributed by atoms with Crippen molar-refractivity contribution in [1.82, 2.24) is 19.5 Å². The van der Waals surface area contributed by atoms with E-state index < -0.39 is 0 Å². The van der Waals surface area contributed by atoms with Gasteiger partial charge in [0.15, 0.2) is 5.82 Å². The molecule has 1 saturated carbocycles. The highest BCUT2D eigenvalue weighted by atomic mass is 15.2. The van der Waals surface area contributed by atoms with E-state index in [1.165, 1.54) is 32.1 Å². The molecule has 0 unspecified atom stereocenters. The van der Waals surface area contributed by atoms with Gasteiger partial charge in [-0.05, 0) is 25.0 Å². The second-order valence-electron chi connectivity index (χ2n) is 5.85. The Morgan fingerprint density at radius 3 is 2.82 bits per heavy atom. The Morgan fingerprint density at radius 2 is 1.91 bits per heavy atom. The first-order valence-corrected chi connectivity index (χ1v) is 7.91. The Kier molecular flexibility index (Phi) is 3.46. The third kappa shape index (κ3) is 2.54. The van der Waals surface area contributed by atoms with E-state index in [4.69, 9.17) is 4.98 Å². The van der Waals surface area contributed by atoms with Crippen LogP contribution in [0.3, 0.4) is 0 Å². The van der Waals surface area contributed by atoms with Crippen molar-refractivity contribution in [2.24, 2.45) is 0 Å². The quantitative estimate of drug-likeness (QED) is 0.802. The largest absolute Gasteiger partial charge is 0.366 e. The van der Waals surface area contributed by atoms with Gasteiger partial charge in [0.2, 0.25) is 0 Å². The molecule has 22 heavy (non-hydrogen) atoms. The molecular weight excluding hydrogens is 274 g/mol. The molecule has 112 valence electrons. The first kappa shape index (κ1) is 13.2. The van der Waals surface area contributed by atoms with E-state index in [1.807, 2.05) is 28.8 Å². The predicted molar refractivity (Wildman–Crippen MR) is 87.2 cm³/mol. The van der Waals surface area contributed by atoms with Gasteiger partial charge in [-0.25, -0.2) is 9.97 Å². The molecule has 0 atom stereocenters.